The molecule has 1 aromatic carbocycles. The first-order valence-corrected chi connectivity index (χ1v) is 10.2. The second-order valence-corrected chi connectivity index (χ2v) is 8.92. The van der Waals surface area contributed by atoms with Crippen molar-refractivity contribution in [3.63, 3.8) is 0 Å². The molecule has 0 aliphatic carbocycles. The first-order valence-electron chi connectivity index (χ1n) is 8.80. The third-order valence-corrected chi connectivity index (χ3v) is 6.55. The van der Waals surface area contributed by atoms with Crippen LogP contribution in [0.1, 0.15) is 23.7 Å². The molecule has 0 unspecified atom stereocenters. The van der Waals surface area contributed by atoms with E-state index in [9.17, 15) is 8.42 Å². The van der Waals surface area contributed by atoms with Gasteiger partial charge in [-0.2, -0.15) is 17.4 Å². The van der Waals surface area contributed by atoms with E-state index in [-0.39, 0.29) is 12.0 Å². The van der Waals surface area contributed by atoms with Crippen molar-refractivity contribution in [3.05, 3.63) is 54.1 Å². The van der Waals surface area contributed by atoms with Crippen molar-refractivity contribution in [2.45, 2.75) is 24.9 Å². The number of imidazole rings is 1. The van der Waals surface area contributed by atoms with Gasteiger partial charge >= 0.3 is 0 Å². The van der Waals surface area contributed by atoms with Gasteiger partial charge in [-0.15, -0.1) is 0 Å². The second-order valence-electron chi connectivity index (χ2n) is 7.01. The molecule has 1 fully saturated rings. The van der Waals surface area contributed by atoms with Crippen molar-refractivity contribution in [2.75, 3.05) is 27.2 Å². The first kappa shape index (κ1) is 19.0. The molecule has 142 valence electrons. The number of hydrogen-bond donors (Lipinski definition) is 1. The number of hydrogen-bond acceptors (Lipinski definition) is 4. The van der Waals surface area contributed by atoms with Gasteiger partial charge in [0.25, 0.3) is 10.2 Å². The largest absolute Gasteiger partial charge is 0.337 e. The van der Waals surface area contributed by atoms with Gasteiger partial charge in [0.1, 0.15) is 5.82 Å². The molecule has 26 heavy (non-hydrogen) atoms. The summed E-state index contributed by atoms with van der Waals surface area (Å²) in [5, 5.41) is 0. The average molecular weight is 378 g/mol. The molecule has 1 aliphatic rings. The van der Waals surface area contributed by atoms with Gasteiger partial charge in [0.05, 0.1) is 6.54 Å². The maximum absolute atomic E-state index is 12.4. The van der Waals surface area contributed by atoms with Gasteiger partial charge in [0.15, 0.2) is 0 Å². The van der Waals surface area contributed by atoms with E-state index in [4.69, 9.17) is 0 Å². The minimum atomic E-state index is -3.50. The van der Waals surface area contributed by atoms with E-state index in [2.05, 4.69) is 26.7 Å². The number of aryl methyl sites for hydroxylation is 1. The van der Waals surface area contributed by atoms with Crippen LogP contribution in [0.2, 0.25) is 0 Å². The fourth-order valence-electron chi connectivity index (χ4n) is 3.43. The minimum Gasteiger partial charge on any atom is -0.337 e. The number of nitrogens with zero attached hydrogens (tertiary/aromatic N) is 4. The van der Waals surface area contributed by atoms with Crippen LogP contribution < -0.4 is 4.72 Å². The molecule has 0 radical (unpaired) electrons. The van der Waals surface area contributed by atoms with Crippen LogP contribution in [0.3, 0.4) is 0 Å². The predicted octanol–water partition coefficient (Wildman–Crippen LogP) is 1.17. The number of piperidine rings is 1. The minimum absolute atomic E-state index is 0.156. The lowest BCUT2D eigenvalue weighted by Crippen LogP contribution is -2.53. The Morgan fingerprint density at radius 1 is 1.27 bits per heavy atom. The van der Waals surface area contributed by atoms with Gasteiger partial charge in [-0.05, 0) is 18.5 Å². The molecule has 1 N–H and O–H groups in total. The second kappa shape index (κ2) is 7.87. The van der Waals surface area contributed by atoms with Crippen molar-refractivity contribution < 1.29 is 8.42 Å². The Kier molecular flexibility index (Phi) is 5.76. The Labute approximate surface area is 155 Å². The molecule has 1 saturated heterocycles. The summed E-state index contributed by atoms with van der Waals surface area (Å²) in [5.74, 6) is 1.14. The highest BCUT2D eigenvalue weighted by atomic mass is 32.2. The molecule has 0 bridgehead atoms. The van der Waals surface area contributed by atoms with Crippen molar-refractivity contribution in [2.24, 2.45) is 7.05 Å². The summed E-state index contributed by atoms with van der Waals surface area (Å²) < 4.78 is 31.0. The van der Waals surface area contributed by atoms with Gasteiger partial charge in [0.2, 0.25) is 0 Å². The predicted molar refractivity (Wildman–Crippen MR) is 102 cm³/mol. The lowest BCUT2D eigenvalue weighted by molar-refractivity contribution is 0.170. The zero-order valence-electron chi connectivity index (χ0n) is 15.5. The standard InChI is InChI=1S/C18H27N5O2S/c1-21(2)26(24,25)20-17-13-23(14-18-19-10-12-22(18)3)11-9-16(17)15-7-5-4-6-8-15/h4-8,10,12,16-17,20H,9,11,13-14H2,1-3H3/t16-,17-/m0/s1. The quantitative estimate of drug-likeness (QED) is 0.821. The first-order chi connectivity index (χ1) is 12.4. The maximum atomic E-state index is 12.4. The normalized spacial score (nSPS) is 22.0. The molecule has 2 atom stereocenters. The summed E-state index contributed by atoms with van der Waals surface area (Å²) in [5.41, 5.74) is 1.18. The van der Waals surface area contributed by atoms with Crippen LogP contribution in [0.25, 0.3) is 0 Å². The van der Waals surface area contributed by atoms with Crippen molar-refractivity contribution in [3.8, 4) is 0 Å². The van der Waals surface area contributed by atoms with Crippen LogP contribution >= 0.6 is 0 Å². The smallest absolute Gasteiger partial charge is 0.279 e. The van der Waals surface area contributed by atoms with Crippen LogP contribution in [0.4, 0.5) is 0 Å². The lowest BCUT2D eigenvalue weighted by Gasteiger charge is -2.39. The van der Waals surface area contributed by atoms with Gasteiger partial charge in [-0.1, -0.05) is 30.3 Å². The number of benzene rings is 1. The molecule has 3 rings (SSSR count). The molecule has 0 amide bonds. The van der Waals surface area contributed by atoms with E-state index >= 15 is 0 Å². The molecule has 2 aromatic rings. The molecule has 2 heterocycles. The average Bonchev–Trinajstić information content (AvgIpc) is 3.00. The van der Waals surface area contributed by atoms with Crippen molar-refractivity contribution in [1.29, 1.82) is 0 Å². The lowest BCUT2D eigenvalue weighted by atomic mass is 9.86. The summed E-state index contributed by atoms with van der Waals surface area (Å²) in [4.78, 5) is 6.66. The maximum Gasteiger partial charge on any atom is 0.279 e. The Morgan fingerprint density at radius 2 is 2.00 bits per heavy atom. The van der Waals surface area contributed by atoms with E-state index in [0.717, 1.165) is 18.8 Å². The Morgan fingerprint density at radius 3 is 2.62 bits per heavy atom. The molecule has 1 aliphatic heterocycles. The third-order valence-electron chi connectivity index (χ3n) is 4.99. The van der Waals surface area contributed by atoms with E-state index in [1.165, 1.54) is 9.87 Å². The summed E-state index contributed by atoms with van der Waals surface area (Å²) in [7, 11) is 1.58. The zero-order valence-corrected chi connectivity index (χ0v) is 16.4. The van der Waals surface area contributed by atoms with Gasteiger partial charge in [0, 0.05) is 52.0 Å². The molecular weight excluding hydrogens is 350 g/mol. The monoisotopic (exact) mass is 377 g/mol. The summed E-state index contributed by atoms with van der Waals surface area (Å²) in [6, 6.07) is 9.98. The number of nitrogens with one attached hydrogen (secondary N) is 1. The number of aromatic nitrogens is 2. The molecule has 8 heteroatoms. The fraction of sp³-hybridized carbons (Fsp3) is 0.500. The van der Waals surface area contributed by atoms with E-state index in [1.807, 2.05) is 36.0 Å². The summed E-state index contributed by atoms with van der Waals surface area (Å²) in [6.07, 6.45) is 4.62. The molecule has 7 nitrogen and oxygen atoms in total. The molecule has 0 saturated carbocycles. The Balaban J connectivity index is 1.80. The molecular formula is C18H27N5O2S. The topological polar surface area (TPSA) is 70.5 Å². The highest BCUT2D eigenvalue weighted by molar-refractivity contribution is 7.87. The summed E-state index contributed by atoms with van der Waals surface area (Å²) >= 11 is 0. The van der Waals surface area contributed by atoms with E-state index < -0.39 is 10.2 Å². The molecule has 0 spiro atoms. The molecule has 1 aromatic heterocycles. The van der Waals surface area contributed by atoms with Crippen LogP contribution in [0, 0.1) is 0 Å². The number of likely N-dealkylation sites (tertiary alicyclic amines) is 1. The summed E-state index contributed by atoms with van der Waals surface area (Å²) in [6.45, 7) is 2.28. The van der Waals surface area contributed by atoms with Gasteiger partial charge in [-0.3, -0.25) is 4.90 Å². The zero-order chi connectivity index (χ0) is 18.7. The SMILES string of the molecule is CN(C)S(=O)(=O)N[C@H]1CN(Cc2nccn2C)CC[C@H]1c1ccccc1. The van der Waals surface area contributed by atoms with Crippen LogP contribution in [-0.4, -0.2) is 60.4 Å². The van der Waals surface area contributed by atoms with Gasteiger partial charge < -0.3 is 4.57 Å². The van der Waals surface area contributed by atoms with Crippen molar-refractivity contribution >= 4 is 10.2 Å². The highest BCUT2D eigenvalue weighted by Crippen LogP contribution is 2.29. The highest BCUT2D eigenvalue weighted by Gasteiger charge is 2.34. The Bertz CT molecular complexity index is 819. The third kappa shape index (κ3) is 4.32. The number of rotatable bonds is 6. The van der Waals surface area contributed by atoms with Crippen LogP contribution in [-0.2, 0) is 23.8 Å². The van der Waals surface area contributed by atoms with E-state index in [0.29, 0.717) is 13.1 Å². The van der Waals surface area contributed by atoms with Gasteiger partial charge in [-0.25, -0.2) is 4.98 Å². The van der Waals surface area contributed by atoms with E-state index in [1.54, 1.807) is 20.3 Å². The van der Waals surface area contributed by atoms with Crippen molar-refractivity contribution in [1.82, 2.24) is 23.5 Å². The van der Waals surface area contributed by atoms with Crippen LogP contribution in [0.5, 0.6) is 0 Å². The Hall–Kier alpha value is -1.74. The fourth-order valence-corrected chi connectivity index (χ4v) is 4.26. The van der Waals surface area contributed by atoms with Crippen LogP contribution in [0.15, 0.2) is 42.7 Å².